The minimum absolute atomic E-state index is 0.155. The van der Waals surface area contributed by atoms with E-state index < -0.39 is 10.0 Å². The van der Waals surface area contributed by atoms with Crippen LogP contribution in [0.5, 0.6) is 0 Å². The van der Waals surface area contributed by atoms with Gasteiger partial charge in [-0.1, -0.05) is 54.1 Å². The van der Waals surface area contributed by atoms with Crippen molar-refractivity contribution in [2.24, 2.45) is 0 Å². The number of hydrogen-bond acceptors (Lipinski definition) is 5. The van der Waals surface area contributed by atoms with Gasteiger partial charge in [0, 0.05) is 30.1 Å². The number of rotatable bonds is 13. The van der Waals surface area contributed by atoms with Crippen LogP contribution in [0, 0.1) is 0 Å². The topological polar surface area (TPSA) is 75.7 Å². The summed E-state index contributed by atoms with van der Waals surface area (Å²) in [4.78, 5) is 13.9. The lowest BCUT2D eigenvalue weighted by molar-refractivity contribution is -0.140. The number of nitrogens with zero attached hydrogens (tertiary/aromatic N) is 1. The second-order valence-corrected chi connectivity index (χ2v) is 11.1. The minimum atomic E-state index is -3.62. The van der Waals surface area contributed by atoms with Crippen LogP contribution in [0.2, 0.25) is 5.02 Å². The summed E-state index contributed by atoms with van der Waals surface area (Å²) in [7, 11) is -2.22. The molecule has 0 spiro atoms. The standard InChI is InChI=1S/C27H35ClN2O4S/c1-34-27(31)14-7-3-6-13-25-20-24(29-35(32,33)26-17-15-23(28)16-18-26)21-30(25)19-9-8-12-22-10-4-2-5-11-22/h2,4-6,10-11,13,15-18,24-25,29H,3,7-9,12,14,19-21H2,1H3/t24-,25-/m1/s1. The van der Waals surface area contributed by atoms with E-state index in [1.807, 2.05) is 6.07 Å². The molecule has 1 N–H and O–H groups in total. The molecular weight excluding hydrogens is 484 g/mol. The number of hydrogen-bond donors (Lipinski definition) is 1. The van der Waals surface area contributed by atoms with Crippen LogP contribution in [-0.2, 0) is 26.0 Å². The monoisotopic (exact) mass is 518 g/mol. The van der Waals surface area contributed by atoms with Crippen LogP contribution in [0.15, 0.2) is 71.6 Å². The summed E-state index contributed by atoms with van der Waals surface area (Å²) in [5.41, 5.74) is 1.34. The molecular formula is C27H35ClN2O4S. The average molecular weight is 519 g/mol. The fraction of sp³-hybridized carbons (Fsp3) is 0.444. The third-order valence-electron chi connectivity index (χ3n) is 6.24. The van der Waals surface area contributed by atoms with Crippen molar-refractivity contribution in [3.05, 3.63) is 77.3 Å². The van der Waals surface area contributed by atoms with Gasteiger partial charge in [0.2, 0.25) is 10.0 Å². The zero-order valence-electron chi connectivity index (χ0n) is 20.2. The first-order valence-electron chi connectivity index (χ1n) is 12.2. The number of ether oxygens (including phenoxy) is 1. The van der Waals surface area contributed by atoms with E-state index in [1.165, 1.54) is 24.8 Å². The Morgan fingerprint density at radius 1 is 1.11 bits per heavy atom. The van der Waals surface area contributed by atoms with E-state index in [0.29, 0.717) is 24.4 Å². The Hall–Kier alpha value is -2.19. The number of aryl methyl sites for hydroxylation is 1. The van der Waals surface area contributed by atoms with Crippen molar-refractivity contribution >= 4 is 27.6 Å². The van der Waals surface area contributed by atoms with Crippen LogP contribution >= 0.6 is 11.6 Å². The third kappa shape index (κ3) is 9.08. The maximum absolute atomic E-state index is 12.9. The van der Waals surface area contributed by atoms with Crippen molar-refractivity contribution in [1.82, 2.24) is 9.62 Å². The summed E-state index contributed by atoms with van der Waals surface area (Å²) in [6.45, 7) is 1.57. The van der Waals surface area contributed by atoms with Crippen LogP contribution < -0.4 is 4.72 Å². The highest BCUT2D eigenvalue weighted by Crippen LogP contribution is 2.23. The number of likely N-dealkylation sites (tertiary alicyclic amines) is 1. The van der Waals surface area contributed by atoms with Crippen molar-refractivity contribution in [3.8, 4) is 0 Å². The first-order chi connectivity index (χ1) is 16.9. The van der Waals surface area contributed by atoms with E-state index in [2.05, 4.69) is 46.0 Å². The van der Waals surface area contributed by atoms with Gasteiger partial charge in [-0.25, -0.2) is 13.1 Å². The quantitative estimate of drug-likeness (QED) is 0.230. The summed E-state index contributed by atoms with van der Waals surface area (Å²) in [6, 6.07) is 16.7. The predicted molar refractivity (Wildman–Crippen MR) is 140 cm³/mol. The van der Waals surface area contributed by atoms with Crippen LogP contribution in [0.3, 0.4) is 0 Å². The molecule has 190 valence electrons. The highest BCUT2D eigenvalue weighted by atomic mass is 35.5. The van der Waals surface area contributed by atoms with Crippen molar-refractivity contribution in [2.45, 2.75) is 61.9 Å². The summed E-state index contributed by atoms with van der Waals surface area (Å²) in [5.74, 6) is -0.198. The van der Waals surface area contributed by atoms with Crippen LogP contribution in [-0.4, -0.2) is 51.6 Å². The smallest absolute Gasteiger partial charge is 0.305 e. The number of carbonyl (C=O) groups excluding carboxylic acids is 1. The Bertz CT molecular complexity index is 1060. The molecule has 0 aliphatic carbocycles. The van der Waals surface area contributed by atoms with Crippen molar-refractivity contribution in [3.63, 3.8) is 0 Å². The van der Waals surface area contributed by atoms with E-state index in [-0.39, 0.29) is 22.9 Å². The molecule has 0 radical (unpaired) electrons. The van der Waals surface area contributed by atoms with E-state index in [4.69, 9.17) is 16.3 Å². The van der Waals surface area contributed by atoms with Gasteiger partial charge < -0.3 is 4.74 Å². The molecule has 1 heterocycles. The van der Waals surface area contributed by atoms with Crippen molar-refractivity contribution in [2.75, 3.05) is 20.2 Å². The number of halogens is 1. The largest absolute Gasteiger partial charge is 0.469 e. The van der Waals surface area contributed by atoms with E-state index >= 15 is 0 Å². The van der Waals surface area contributed by atoms with Gasteiger partial charge in [0.1, 0.15) is 0 Å². The fourth-order valence-electron chi connectivity index (χ4n) is 4.39. The second-order valence-electron chi connectivity index (χ2n) is 8.91. The zero-order chi connectivity index (χ0) is 25.1. The van der Waals surface area contributed by atoms with E-state index in [9.17, 15) is 13.2 Å². The lowest BCUT2D eigenvalue weighted by Gasteiger charge is -2.21. The molecule has 1 saturated heterocycles. The highest BCUT2D eigenvalue weighted by Gasteiger charge is 2.32. The van der Waals surface area contributed by atoms with Gasteiger partial charge in [-0.15, -0.1) is 0 Å². The Morgan fingerprint density at radius 2 is 1.86 bits per heavy atom. The molecule has 1 aliphatic heterocycles. The molecule has 2 atom stereocenters. The Morgan fingerprint density at radius 3 is 2.57 bits per heavy atom. The number of nitrogens with one attached hydrogen (secondary N) is 1. The van der Waals surface area contributed by atoms with Gasteiger partial charge in [0.15, 0.2) is 0 Å². The van der Waals surface area contributed by atoms with Crippen LogP contribution in [0.1, 0.15) is 44.1 Å². The number of benzene rings is 2. The highest BCUT2D eigenvalue weighted by molar-refractivity contribution is 7.89. The number of sulfonamides is 1. The van der Waals surface area contributed by atoms with Gasteiger partial charge in [0.25, 0.3) is 0 Å². The summed E-state index contributed by atoms with van der Waals surface area (Å²) < 4.78 is 33.4. The van der Waals surface area contributed by atoms with Gasteiger partial charge in [-0.2, -0.15) is 0 Å². The number of esters is 1. The molecule has 0 bridgehead atoms. The van der Waals surface area contributed by atoms with E-state index in [1.54, 1.807) is 12.1 Å². The molecule has 0 amide bonds. The molecule has 8 heteroatoms. The molecule has 0 unspecified atom stereocenters. The molecule has 0 aromatic heterocycles. The molecule has 1 fully saturated rings. The molecule has 2 aromatic rings. The number of allylic oxidation sites excluding steroid dienone is 1. The van der Waals surface area contributed by atoms with Gasteiger partial charge in [-0.3, -0.25) is 9.69 Å². The van der Waals surface area contributed by atoms with Crippen molar-refractivity contribution < 1.29 is 17.9 Å². The molecule has 0 saturated carbocycles. The maximum atomic E-state index is 12.9. The van der Waals surface area contributed by atoms with Crippen molar-refractivity contribution in [1.29, 1.82) is 0 Å². The Labute approximate surface area is 214 Å². The summed E-state index contributed by atoms with van der Waals surface area (Å²) in [5, 5.41) is 0.504. The van der Waals surface area contributed by atoms with E-state index in [0.717, 1.165) is 38.6 Å². The van der Waals surface area contributed by atoms with Gasteiger partial charge in [0.05, 0.1) is 12.0 Å². The molecule has 2 aromatic carbocycles. The number of methoxy groups -OCH3 is 1. The SMILES string of the molecule is COC(=O)CCCC=C[C@@H]1C[C@@H](NS(=O)(=O)c2ccc(Cl)cc2)CN1CCCCc1ccccc1. The molecule has 6 nitrogen and oxygen atoms in total. The zero-order valence-corrected chi connectivity index (χ0v) is 21.8. The lowest BCUT2D eigenvalue weighted by atomic mass is 10.1. The van der Waals surface area contributed by atoms with Crippen LogP contribution in [0.4, 0.5) is 0 Å². The maximum Gasteiger partial charge on any atom is 0.305 e. The summed E-state index contributed by atoms with van der Waals surface area (Å²) in [6.07, 6.45) is 10.0. The fourth-order valence-corrected chi connectivity index (χ4v) is 5.75. The lowest BCUT2D eigenvalue weighted by Crippen LogP contribution is -2.37. The number of carbonyl (C=O) groups is 1. The molecule has 35 heavy (non-hydrogen) atoms. The average Bonchev–Trinajstić information content (AvgIpc) is 3.22. The third-order valence-corrected chi connectivity index (χ3v) is 8.03. The minimum Gasteiger partial charge on any atom is -0.469 e. The van der Waals surface area contributed by atoms with Gasteiger partial charge >= 0.3 is 5.97 Å². The van der Waals surface area contributed by atoms with Gasteiger partial charge in [-0.05, 0) is 74.9 Å². The Kier molecular flexibility index (Phi) is 10.8. The molecule has 3 rings (SSSR count). The summed E-state index contributed by atoms with van der Waals surface area (Å²) >= 11 is 5.91. The molecule has 1 aliphatic rings. The second kappa shape index (κ2) is 13.8. The first kappa shape index (κ1) is 27.4. The Balaban J connectivity index is 1.57. The number of unbranched alkanes of at least 4 members (excludes halogenated alkanes) is 2. The first-order valence-corrected chi connectivity index (χ1v) is 14.0. The normalized spacial score (nSPS) is 18.8. The van der Waals surface area contributed by atoms with Crippen LogP contribution in [0.25, 0.3) is 0 Å². The predicted octanol–water partition coefficient (Wildman–Crippen LogP) is 4.98.